The second-order valence-electron chi connectivity index (χ2n) is 8.69. The number of methoxy groups -OCH3 is 1. The topological polar surface area (TPSA) is 105 Å². The average Bonchev–Trinajstić information content (AvgIpc) is 3.61. The van der Waals surface area contributed by atoms with E-state index in [1.165, 1.54) is 11.3 Å². The van der Waals surface area contributed by atoms with Gasteiger partial charge >= 0.3 is 0 Å². The van der Waals surface area contributed by atoms with E-state index in [0.29, 0.717) is 29.1 Å². The lowest BCUT2D eigenvalue weighted by Crippen LogP contribution is -2.25. The molecule has 2 aromatic carbocycles. The van der Waals surface area contributed by atoms with Crippen molar-refractivity contribution in [2.24, 2.45) is 0 Å². The number of anilines is 1. The smallest absolute Gasteiger partial charge is 0.256 e. The molecule has 9 heteroatoms. The molecule has 0 spiro atoms. The first-order chi connectivity index (χ1) is 17.9. The molecule has 3 heterocycles. The third-order valence-electron chi connectivity index (χ3n) is 6.20. The molecule has 0 fully saturated rings. The summed E-state index contributed by atoms with van der Waals surface area (Å²) in [7, 11) is 1.55. The zero-order valence-corrected chi connectivity index (χ0v) is 21.3. The zero-order chi connectivity index (χ0) is 25.9. The highest BCUT2D eigenvalue weighted by atomic mass is 32.1. The largest absolute Gasteiger partial charge is 0.508 e. The quantitative estimate of drug-likeness (QED) is 0.228. The number of ether oxygens (including phenoxy) is 1. The maximum absolute atomic E-state index is 12.8. The van der Waals surface area contributed by atoms with E-state index in [4.69, 9.17) is 4.74 Å². The fraction of sp³-hybridized carbons (Fsp3) is 0.179. The molecule has 0 unspecified atom stereocenters. The monoisotopic (exact) mass is 514 g/mol. The lowest BCUT2D eigenvalue weighted by Gasteiger charge is -2.10. The van der Waals surface area contributed by atoms with Crippen LogP contribution in [0.1, 0.15) is 32.1 Å². The number of carbonyl (C=O) groups excluding carboxylic acids is 2. The van der Waals surface area contributed by atoms with Crippen LogP contribution in [0.3, 0.4) is 0 Å². The van der Waals surface area contributed by atoms with Crippen LogP contribution in [0.4, 0.5) is 5.69 Å². The number of aromatic hydroxyl groups is 1. The molecule has 37 heavy (non-hydrogen) atoms. The number of thiophene rings is 1. The molecule has 0 atom stereocenters. The van der Waals surface area contributed by atoms with E-state index in [1.54, 1.807) is 37.8 Å². The van der Waals surface area contributed by atoms with Crippen LogP contribution < -0.4 is 15.4 Å². The van der Waals surface area contributed by atoms with Crippen molar-refractivity contribution in [3.05, 3.63) is 82.1 Å². The molecule has 3 N–H and O–H groups in total. The van der Waals surface area contributed by atoms with Crippen molar-refractivity contribution in [2.45, 2.75) is 19.9 Å². The molecular formula is C28H26N4O4S. The van der Waals surface area contributed by atoms with Gasteiger partial charge in [0.25, 0.3) is 11.8 Å². The van der Waals surface area contributed by atoms with Gasteiger partial charge in [0, 0.05) is 58.1 Å². The Bertz CT molecular complexity index is 1500. The molecule has 0 radical (unpaired) electrons. The highest BCUT2D eigenvalue weighted by molar-refractivity contribution is 7.13. The van der Waals surface area contributed by atoms with Crippen molar-refractivity contribution >= 4 is 40.5 Å². The van der Waals surface area contributed by atoms with Crippen LogP contribution in [0.5, 0.6) is 11.5 Å². The van der Waals surface area contributed by atoms with Gasteiger partial charge in [0.15, 0.2) is 0 Å². The fourth-order valence-electron chi connectivity index (χ4n) is 4.35. The number of hydrogen-bond acceptors (Lipinski definition) is 6. The number of benzene rings is 2. The Labute approximate surface area is 218 Å². The summed E-state index contributed by atoms with van der Waals surface area (Å²) in [6.07, 6.45) is 8.02. The second kappa shape index (κ2) is 10.3. The molecule has 5 rings (SSSR count). The number of amides is 2. The third-order valence-corrected chi connectivity index (χ3v) is 7.20. The molecule has 2 aromatic heterocycles. The molecule has 8 nitrogen and oxygen atoms in total. The van der Waals surface area contributed by atoms with Gasteiger partial charge in [-0.15, -0.1) is 11.3 Å². The fourth-order valence-corrected chi connectivity index (χ4v) is 5.31. The van der Waals surface area contributed by atoms with Crippen molar-refractivity contribution in [1.29, 1.82) is 0 Å². The van der Waals surface area contributed by atoms with Crippen LogP contribution in [-0.2, 0) is 11.3 Å². The number of fused-ring (bicyclic) bond motifs is 1. The zero-order valence-electron chi connectivity index (χ0n) is 20.4. The number of imidazole rings is 1. The van der Waals surface area contributed by atoms with Crippen LogP contribution in [-0.4, -0.2) is 40.1 Å². The Hall–Kier alpha value is -4.37. The van der Waals surface area contributed by atoms with Crippen LogP contribution in [0.15, 0.2) is 61.2 Å². The Morgan fingerprint density at radius 2 is 2.05 bits per heavy atom. The number of aryl methyl sites for hydroxylation is 2. The van der Waals surface area contributed by atoms with E-state index < -0.39 is 0 Å². The molecule has 2 amide bonds. The Morgan fingerprint density at radius 1 is 1.22 bits per heavy atom. The van der Waals surface area contributed by atoms with Crippen LogP contribution in [0, 0.1) is 6.92 Å². The first-order valence-corrected chi connectivity index (χ1v) is 12.6. The number of phenols is 1. The lowest BCUT2D eigenvalue weighted by atomic mass is 9.99. The Kier molecular flexibility index (Phi) is 6.78. The summed E-state index contributed by atoms with van der Waals surface area (Å²) in [5.74, 6) is 0.352. The van der Waals surface area contributed by atoms with E-state index in [0.717, 1.165) is 39.4 Å². The minimum absolute atomic E-state index is 0.118. The first-order valence-electron chi connectivity index (χ1n) is 11.8. The van der Waals surface area contributed by atoms with Gasteiger partial charge in [-0.05, 0) is 49.2 Å². The van der Waals surface area contributed by atoms with E-state index in [1.807, 2.05) is 48.0 Å². The number of aromatic nitrogens is 2. The van der Waals surface area contributed by atoms with E-state index in [-0.39, 0.29) is 17.6 Å². The van der Waals surface area contributed by atoms with Crippen LogP contribution >= 0.6 is 11.3 Å². The summed E-state index contributed by atoms with van der Waals surface area (Å²) in [6, 6.07) is 12.5. The van der Waals surface area contributed by atoms with Gasteiger partial charge in [0.1, 0.15) is 11.5 Å². The molecule has 1 aliphatic rings. The number of rotatable bonds is 8. The van der Waals surface area contributed by atoms with Crippen molar-refractivity contribution in [2.75, 3.05) is 19.0 Å². The minimum Gasteiger partial charge on any atom is -0.508 e. The molecule has 1 aliphatic heterocycles. The molecule has 4 aromatic rings. The summed E-state index contributed by atoms with van der Waals surface area (Å²) in [5, 5.41) is 15.7. The molecule has 188 valence electrons. The minimum atomic E-state index is -0.193. The van der Waals surface area contributed by atoms with Crippen molar-refractivity contribution in [3.8, 4) is 22.6 Å². The van der Waals surface area contributed by atoms with Gasteiger partial charge in [-0.1, -0.05) is 12.1 Å². The summed E-state index contributed by atoms with van der Waals surface area (Å²) in [6.45, 7) is 3.26. The average molecular weight is 515 g/mol. The van der Waals surface area contributed by atoms with Gasteiger partial charge in [-0.25, -0.2) is 4.98 Å². The molecule has 0 aliphatic carbocycles. The third kappa shape index (κ3) is 5.12. The molecule has 0 saturated carbocycles. The number of nitrogens with zero attached hydrogens (tertiary/aromatic N) is 2. The van der Waals surface area contributed by atoms with Gasteiger partial charge in [-0.2, -0.15) is 0 Å². The van der Waals surface area contributed by atoms with Gasteiger partial charge in [0.05, 0.1) is 24.6 Å². The van der Waals surface area contributed by atoms with Gasteiger partial charge < -0.3 is 25.0 Å². The standard InChI is InChI=1S/C28H26N4O4S/c1-17-23(27(34)30-8-3-10-32-11-9-29-16-32)14-20(37-17)15-24-22-6-4-18(12-25(22)31-28(24)35)21-7-5-19(33)13-26(21)36-2/h4-7,9,11-16,33H,3,8,10H2,1-2H3,(H,30,34)(H,31,35)/b24-15-. The summed E-state index contributed by atoms with van der Waals surface area (Å²) < 4.78 is 7.38. The van der Waals surface area contributed by atoms with Gasteiger partial charge in [0.2, 0.25) is 0 Å². The molecular weight excluding hydrogens is 488 g/mol. The van der Waals surface area contributed by atoms with Gasteiger partial charge in [-0.3, -0.25) is 9.59 Å². The van der Waals surface area contributed by atoms with Crippen molar-refractivity contribution in [1.82, 2.24) is 14.9 Å². The first kappa shape index (κ1) is 24.3. The van der Waals surface area contributed by atoms with E-state index in [2.05, 4.69) is 15.6 Å². The van der Waals surface area contributed by atoms with Crippen LogP contribution in [0.25, 0.3) is 22.8 Å². The maximum atomic E-state index is 12.8. The lowest BCUT2D eigenvalue weighted by molar-refractivity contribution is -0.110. The van der Waals surface area contributed by atoms with Crippen molar-refractivity contribution < 1.29 is 19.4 Å². The SMILES string of the molecule is COc1cc(O)ccc1-c1ccc2c(c1)NC(=O)/C2=C\c1cc(C(=O)NCCCn2ccnc2)c(C)s1. The summed E-state index contributed by atoms with van der Waals surface area (Å²) in [5.41, 5.74) is 4.33. The second-order valence-corrected chi connectivity index (χ2v) is 9.97. The normalized spacial score (nSPS) is 13.5. The summed E-state index contributed by atoms with van der Waals surface area (Å²) >= 11 is 1.48. The van der Waals surface area contributed by atoms with Crippen LogP contribution in [0.2, 0.25) is 0 Å². The number of phenolic OH excluding ortho intramolecular Hbond substituents is 1. The Balaban J connectivity index is 1.32. The van der Waals surface area contributed by atoms with E-state index >= 15 is 0 Å². The summed E-state index contributed by atoms with van der Waals surface area (Å²) in [4.78, 5) is 31.3. The number of hydrogen-bond donors (Lipinski definition) is 3. The highest BCUT2D eigenvalue weighted by Gasteiger charge is 2.25. The van der Waals surface area contributed by atoms with Crippen molar-refractivity contribution in [3.63, 3.8) is 0 Å². The predicted octanol–water partition coefficient (Wildman–Crippen LogP) is 4.95. The predicted molar refractivity (Wildman–Crippen MR) is 145 cm³/mol. The molecule has 0 saturated heterocycles. The number of nitrogens with one attached hydrogen (secondary N) is 2. The van der Waals surface area contributed by atoms with E-state index in [9.17, 15) is 14.7 Å². The highest BCUT2D eigenvalue weighted by Crippen LogP contribution is 2.40. The Morgan fingerprint density at radius 3 is 2.84 bits per heavy atom. The maximum Gasteiger partial charge on any atom is 0.256 e. The number of carbonyl (C=O) groups is 2. The molecule has 0 bridgehead atoms.